The number of nitrogens with one attached hydrogen (secondary N) is 2. The summed E-state index contributed by atoms with van der Waals surface area (Å²) < 4.78 is 0. The molecule has 1 heterocycles. The third-order valence-corrected chi connectivity index (χ3v) is 5.24. The maximum absolute atomic E-state index is 4.35. The number of hydrogen-bond acceptors (Lipinski definition) is 2. The van der Waals surface area contributed by atoms with Gasteiger partial charge in [0.15, 0.2) is 5.96 Å². The average molecular weight is 450 g/mol. The van der Waals surface area contributed by atoms with Gasteiger partial charge in [0.1, 0.15) is 0 Å². The van der Waals surface area contributed by atoms with Crippen LogP contribution in [-0.2, 0) is 0 Å². The highest BCUT2D eigenvalue weighted by Gasteiger charge is 2.34. The van der Waals surface area contributed by atoms with Gasteiger partial charge < -0.3 is 15.5 Å². The first-order valence-corrected chi connectivity index (χ1v) is 10.0. The second-order valence-corrected chi connectivity index (χ2v) is 7.38. The SMILES string of the molecule is CCCCCCCCCNC(=NC)NCC1CCN(C2CC2)C1.I. The molecule has 1 aliphatic carbocycles. The van der Waals surface area contributed by atoms with E-state index in [2.05, 4.69) is 27.4 Å². The number of nitrogens with zero attached hydrogens (tertiary/aromatic N) is 2. The summed E-state index contributed by atoms with van der Waals surface area (Å²) in [5.41, 5.74) is 0. The van der Waals surface area contributed by atoms with Crippen molar-refractivity contribution in [2.45, 2.75) is 77.2 Å². The van der Waals surface area contributed by atoms with Crippen LogP contribution < -0.4 is 10.6 Å². The average Bonchev–Trinajstić information content (AvgIpc) is 3.31. The first-order valence-electron chi connectivity index (χ1n) is 10.0. The molecule has 1 unspecified atom stereocenters. The van der Waals surface area contributed by atoms with Gasteiger partial charge in [-0.15, -0.1) is 24.0 Å². The zero-order valence-corrected chi connectivity index (χ0v) is 18.2. The first kappa shape index (κ1) is 22.0. The molecule has 4 nitrogen and oxygen atoms in total. The Hall–Kier alpha value is -0.0400. The van der Waals surface area contributed by atoms with E-state index < -0.39 is 0 Å². The third kappa shape index (κ3) is 8.88. The van der Waals surface area contributed by atoms with Crippen LogP contribution in [0.5, 0.6) is 0 Å². The Balaban J connectivity index is 0.00000288. The minimum absolute atomic E-state index is 0. The Kier molecular flexibility index (Phi) is 12.1. The molecular formula is C19H39IN4. The maximum atomic E-state index is 4.35. The molecule has 2 rings (SSSR count). The van der Waals surface area contributed by atoms with Gasteiger partial charge in [0.05, 0.1) is 0 Å². The molecule has 1 saturated heterocycles. The molecule has 2 fully saturated rings. The number of guanidine groups is 1. The second-order valence-electron chi connectivity index (χ2n) is 7.38. The van der Waals surface area contributed by atoms with E-state index in [1.54, 1.807) is 0 Å². The van der Waals surface area contributed by atoms with Gasteiger partial charge in [-0.25, -0.2) is 0 Å². The molecule has 0 aromatic rings. The fourth-order valence-corrected chi connectivity index (χ4v) is 3.55. The molecule has 0 amide bonds. The summed E-state index contributed by atoms with van der Waals surface area (Å²) in [7, 11) is 1.88. The minimum atomic E-state index is 0. The summed E-state index contributed by atoms with van der Waals surface area (Å²) in [4.78, 5) is 7.04. The predicted octanol–water partition coefficient (Wildman–Crippen LogP) is 4.00. The van der Waals surface area contributed by atoms with E-state index in [-0.39, 0.29) is 24.0 Å². The smallest absolute Gasteiger partial charge is 0.190 e. The minimum Gasteiger partial charge on any atom is -0.356 e. The monoisotopic (exact) mass is 450 g/mol. The van der Waals surface area contributed by atoms with Crippen molar-refractivity contribution in [1.29, 1.82) is 0 Å². The van der Waals surface area contributed by atoms with Crippen molar-refractivity contribution < 1.29 is 0 Å². The van der Waals surface area contributed by atoms with Gasteiger partial charge in [-0.05, 0) is 38.1 Å². The van der Waals surface area contributed by atoms with Crippen molar-refractivity contribution in [3.63, 3.8) is 0 Å². The number of likely N-dealkylation sites (tertiary alicyclic amines) is 1. The van der Waals surface area contributed by atoms with E-state index in [4.69, 9.17) is 0 Å². The summed E-state index contributed by atoms with van der Waals surface area (Å²) in [5.74, 6) is 1.79. The van der Waals surface area contributed by atoms with E-state index in [0.29, 0.717) is 0 Å². The van der Waals surface area contributed by atoms with Gasteiger partial charge >= 0.3 is 0 Å². The molecule has 1 saturated carbocycles. The van der Waals surface area contributed by atoms with Gasteiger partial charge in [0.25, 0.3) is 0 Å². The van der Waals surface area contributed by atoms with E-state index in [9.17, 15) is 0 Å². The molecule has 0 aromatic heterocycles. The molecule has 142 valence electrons. The van der Waals surface area contributed by atoms with Gasteiger partial charge in [0.2, 0.25) is 0 Å². The van der Waals surface area contributed by atoms with Crippen molar-refractivity contribution in [3.8, 4) is 0 Å². The molecule has 0 bridgehead atoms. The lowest BCUT2D eigenvalue weighted by molar-refractivity contribution is 0.314. The Morgan fingerprint density at radius 3 is 2.38 bits per heavy atom. The largest absolute Gasteiger partial charge is 0.356 e. The maximum Gasteiger partial charge on any atom is 0.190 e. The van der Waals surface area contributed by atoms with Gasteiger partial charge in [0, 0.05) is 32.7 Å². The molecule has 1 aliphatic heterocycles. The van der Waals surface area contributed by atoms with Gasteiger partial charge in [-0.3, -0.25) is 4.99 Å². The highest BCUT2D eigenvalue weighted by Crippen LogP contribution is 2.31. The first-order chi connectivity index (χ1) is 11.3. The van der Waals surface area contributed by atoms with Crippen LogP contribution in [0.25, 0.3) is 0 Å². The van der Waals surface area contributed by atoms with Crippen LogP contribution in [0.15, 0.2) is 4.99 Å². The van der Waals surface area contributed by atoms with Crippen molar-refractivity contribution in [2.24, 2.45) is 10.9 Å². The normalized spacial score (nSPS) is 21.6. The van der Waals surface area contributed by atoms with Crippen molar-refractivity contribution in [1.82, 2.24) is 15.5 Å². The van der Waals surface area contributed by atoms with Crippen LogP contribution in [0.4, 0.5) is 0 Å². The van der Waals surface area contributed by atoms with Crippen molar-refractivity contribution >= 4 is 29.9 Å². The Morgan fingerprint density at radius 2 is 1.71 bits per heavy atom. The summed E-state index contributed by atoms with van der Waals surface area (Å²) >= 11 is 0. The van der Waals surface area contributed by atoms with Gasteiger partial charge in [-0.1, -0.05) is 45.4 Å². The van der Waals surface area contributed by atoms with Crippen molar-refractivity contribution in [2.75, 3.05) is 33.2 Å². The lowest BCUT2D eigenvalue weighted by Gasteiger charge is -2.17. The fourth-order valence-electron chi connectivity index (χ4n) is 3.55. The van der Waals surface area contributed by atoms with E-state index >= 15 is 0 Å². The molecule has 5 heteroatoms. The van der Waals surface area contributed by atoms with Gasteiger partial charge in [-0.2, -0.15) is 0 Å². The quantitative estimate of drug-likeness (QED) is 0.216. The summed E-state index contributed by atoms with van der Waals surface area (Å²) in [6.45, 7) is 6.98. The molecule has 0 aromatic carbocycles. The third-order valence-electron chi connectivity index (χ3n) is 5.24. The zero-order chi connectivity index (χ0) is 16.3. The van der Waals surface area contributed by atoms with Crippen LogP contribution in [0.1, 0.15) is 71.1 Å². The predicted molar refractivity (Wildman–Crippen MR) is 115 cm³/mol. The molecule has 1 atom stereocenters. The standard InChI is InChI=1S/C19H38N4.HI/c1-3-4-5-6-7-8-9-13-21-19(20-2)22-15-17-12-14-23(16-17)18-10-11-18;/h17-18H,3-16H2,1-2H3,(H2,20,21,22);1H. The summed E-state index contributed by atoms with van der Waals surface area (Å²) in [6.07, 6.45) is 13.7. The lowest BCUT2D eigenvalue weighted by atomic mass is 10.1. The molecule has 2 aliphatic rings. The molecule has 24 heavy (non-hydrogen) atoms. The molecule has 2 N–H and O–H groups in total. The van der Waals surface area contributed by atoms with Crippen LogP contribution in [0, 0.1) is 5.92 Å². The van der Waals surface area contributed by atoms with E-state index in [0.717, 1.165) is 31.0 Å². The summed E-state index contributed by atoms with van der Waals surface area (Å²) in [6, 6.07) is 0.926. The molecule has 0 radical (unpaired) electrons. The van der Waals surface area contributed by atoms with Crippen LogP contribution >= 0.6 is 24.0 Å². The zero-order valence-electron chi connectivity index (χ0n) is 15.9. The van der Waals surface area contributed by atoms with Crippen molar-refractivity contribution in [3.05, 3.63) is 0 Å². The highest BCUT2D eigenvalue weighted by molar-refractivity contribution is 14.0. The number of halogens is 1. The van der Waals surface area contributed by atoms with Crippen LogP contribution in [0.3, 0.4) is 0 Å². The van der Waals surface area contributed by atoms with Crippen LogP contribution in [0.2, 0.25) is 0 Å². The van der Waals surface area contributed by atoms with E-state index in [1.807, 2.05) is 7.05 Å². The van der Waals surface area contributed by atoms with E-state index in [1.165, 1.54) is 77.3 Å². The topological polar surface area (TPSA) is 39.7 Å². The summed E-state index contributed by atoms with van der Waals surface area (Å²) in [5, 5.41) is 6.99. The number of rotatable bonds is 11. The fraction of sp³-hybridized carbons (Fsp3) is 0.947. The van der Waals surface area contributed by atoms with Crippen LogP contribution in [-0.4, -0.2) is 50.1 Å². The Bertz CT molecular complexity index is 344. The molecule has 0 spiro atoms. The second kappa shape index (κ2) is 13.2. The number of aliphatic imine (C=N–C) groups is 1. The number of unbranched alkanes of at least 4 members (excludes halogenated alkanes) is 6. The number of hydrogen-bond donors (Lipinski definition) is 2. The Labute approximate surface area is 166 Å². The molecular weight excluding hydrogens is 411 g/mol. The highest BCUT2D eigenvalue weighted by atomic mass is 127. The Morgan fingerprint density at radius 1 is 1.00 bits per heavy atom. The lowest BCUT2D eigenvalue weighted by Crippen LogP contribution is -2.40.